The molecule has 2 saturated carbocycles. The van der Waals surface area contributed by atoms with Gasteiger partial charge in [-0.3, -0.25) is 4.90 Å². The SMILES string of the molecule is CN(C)CCN(C1CCCCC1)C1CCCCC1. The van der Waals surface area contributed by atoms with Crippen LogP contribution in [-0.4, -0.2) is 49.1 Å². The van der Waals surface area contributed by atoms with Gasteiger partial charge in [0.05, 0.1) is 0 Å². The summed E-state index contributed by atoms with van der Waals surface area (Å²) < 4.78 is 0. The van der Waals surface area contributed by atoms with Gasteiger partial charge in [0.1, 0.15) is 0 Å². The summed E-state index contributed by atoms with van der Waals surface area (Å²) in [6.07, 6.45) is 14.7. The predicted octanol–water partition coefficient (Wildman–Crippen LogP) is 3.52. The van der Waals surface area contributed by atoms with Crippen molar-refractivity contribution in [3.8, 4) is 0 Å². The van der Waals surface area contributed by atoms with Crippen LogP contribution in [0.4, 0.5) is 0 Å². The maximum Gasteiger partial charge on any atom is 0.0115 e. The molecule has 0 unspecified atom stereocenters. The molecule has 0 bridgehead atoms. The van der Waals surface area contributed by atoms with E-state index >= 15 is 0 Å². The first kappa shape index (κ1) is 14.3. The van der Waals surface area contributed by atoms with Crippen molar-refractivity contribution in [2.45, 2.75) is 76.3 Å². The molecule has 2 aliphatic carbocycles. The van der Waals surface area contributed by atoms with Crippen LogP contribution < -0.4 is 0 Å². The van der Waals surface area contributed by atoms with Gasteiger partial charge < -0.3 is 4.90 Å². The molecule has 2 rings (SSSR count). The summed E-state index contributed by atoms with van der Waals surface area (Å²) in [4.78, 5) is 5.25. The fourth-order valence-corrected chi connectivity index (χ4v) is 3.80. The first-order chi connectivity index (χ1) is 8.77. The van der Waals surface area contributed by atoms with Crippen molar-refractivity contribution in [2.75, 3.05) is 27.2 Å². The normalized spacial score (nSPS) is 24.0. The highest BCUT2D eigenvalue weighted by Gasteiger charge is 2.28. The monoisotopic (exact) mass is 252 g/mol. The number of nitrogens with zero attached hydrogens (tertiary/aromatic N) is 2. The van der Waals surface area contributed by atoms with Crippen LogP contribution in [0.2, 0.25) is 0 Å². The molecule has 106 valence electrons. The lowest BCUT2D eigenvalue weighted by Crippen LogP contribution is -2.47. The van der Waals surface area contributed by atoms with E-state index in [0.29, 0.717) is 0 Å². The standard InChI is InChI=1S/C16H32N2/c1-17(2)13-14-18(15-9-5-3-6-10-15)16-11-7-4-8-12-16/h15-16H,3-14H2,1-2H3. The van der Waals surface area contributed by atoms with E-state index in [1.807, 2.05) is 0 Å². The van der Waals surface area contributed by atoms with Crippen LogP contribution in [0.1, 0.15) is 64.2 Å². The molecule has 2 nitrogen and oxygen atoms in total. The van der Waals surface area contributed by atoms with E-state index in [9.17, 15) is 0 Å². The zero-order chi connectivity index (χ0) is 12.8. The summed E-state index contributed by atoms with van der Waals surface area (Å²) in [7, 11) is 4.42. The summed E-state index contributed by atoms with van der Waals surface area (Å²) in [6, 6.07) is 1.81. The van der Waals surface area contributed by atoms with Gasteiger partial charge in [-0.05, 0) is 39.8 Å². The van der Waals surface area contributed by atoms with Crippen molar-refractivity contribution in [3.63, 3.8) is 0 Å². The Morgan fingerprint density at radius 2 is 1.11 bits per heavy atom. The van der Waals surface area contributed by atoms with Crippen LogP contribution in [-0.2, 0) is 0 Å². The van der Waals surface area contributed by atoms with Gasteiger partial charge in [-0.2, -0.15) is 0 Å². The molecule has 0 saturated heterocycles. The Hall–Kier alpha value is -0.0800. The van der Waals surface area contributed by atoms with Gasteiger partial charge in [0, 0.05) is 25.2 Å². The molecule has 2 aliphatic rings. The third kappa shape index (κ3) is 4.24. The molecule has 0 heterocycles. The van der Waals surface area contributed by atoms with E-state index in [0.717, 1.165) is 12.1 Å². The highest BCUT2D eigenvalue weighted by Crippen LogP contribution is 2.29. The lowest BCUT2D eigenvalue weighted by molar-refractivity contribution is 0.0740. The lowest BCUT2D eigenvalue weighted by Gasteiger charge is -2.42. The number of hydrogen-bond donors (Lipinski definition) is 0. The molecule has 0 atom stereocenters. The van der Waals surface area contributed by atoms with Crippen molar-refractivity contribution in [1.82, 2.24) is 9.80 Å². The summed E-state index contributed by atoms with van der Waals surface area (Å²) in [6.45, 7) is 2.52. The van der Waals surface area contributed by atoms with Crippen molar-refractivity contribution in [3.05, 3.63) is 0 Å². The maximum atomic E-state index is 2.90. The Morgan fingerprint density at radius 1 is 0.667 bits per heavy atom. The zero-order valence-corrected chi connectivity index (χ0v) is 12.5. The van der Waals surface area contributed by atoms with Crippen LogP contribution in [0.5, 0.6) is 0 Å². The number of rotatable bonds is 5. The van der Waals surface area contributed by atoms with E-state index in [-0.39, 0.29) is 0 Å². The summed E-state index contributed by atoms with van der Waals surface area (Å²) in [5.41, 5.74) is 0. The highest BCUT2D eigenvalue weighted by molar-refractivity contribution is 4.84. The average molecular weight is 252 g/mol. The fourth-order valence-electron chi connectivity index (χ4n) is 3.80. The third-order valence-electron chi connectivity index (χ3n) is 4.89. The van der Waals surface area contributed by atoms with Crippen LogP contribution in [0, 0.1) is 0 Å². The molecule has 0 aromatic rings. The van der Waals surface area contributed by atoms with Crippen LogP contribution in [0.3, 0.4) is 0 Å². The number of hydrogen-bond acceptors (Lipinski definition) is 2. The summed E-state index contributed by atoms with van der Waals surface area (Å²) in [5.74, 6) is 0. The topological polar surface area (TPSA) is 6.48 Å². The van der Waals surface area contributed by atoms with Crippen molar-refractivity contribution < 1.29 is 0 Å². The molecule has 0 aromatic carbocycles. The highest BCUT2D eigenvalue weighted by atomic mass is 15.2. The van der Waals surface area contributed by atoms with Gasteiger partial charge in [-0.1, -0.05) is 38.5 Å². The second kappa shape index (κ2) is 7.49. The van der Waals surface area contributed by atoms with Gasteiger partial charge >= 0.3 is 0 Å². The molecule has 0 aromatic heterocycles. The Bertz CT molecular complexity index is 197. The van der Waals surface area contributed by atoms with E-state index in [1.54, 1.807) is 0 Å². The van der Waals surface area contributed by atoms with Crippen LogP contribution in [0.25, 0.3) is 0 Å². The molecule has 0 aliphatic heterocycles. The second-order valence-electron chi connectivity index (χ2n) is 6.62. The molecular formula is C16H32N2. The Morgan fingerprint density at radius 3 is 1.50 bits per heavy atom. The quantitative estimate of drug-likeness (QED) is 0.739. The molecule has 2 heteroatoms. The zero-order valence-electron chi connectivity index (χ0n) is 12.5. The van der Waals surface area contributed by atoms with E-state index < -0.39 is 0 Å². The van der Waals surface area contributed by atoms with Gasteiger partial charge in [0.2, 0.25) is 0 Å². The van der Waals surface area contributed by atoms with Crippen molar-refractivity contribution >= 4 is 0 Å². The van der Waals surface area contributed by atoms with Crippen molar-refractivity contribution in [1.29, 1.82) is 0 Å². The van der Waals surface area contributed by atoms with Crippen LogP contribution in [0.15, 0.2) is 0 Å². The largest absolute Gasteiger partial charge is 0.308 e. The average Bonchev–Trinajstić information content (AvgIpc) is 2.41. The minimum Gasteiger partial charge on any atom is -0.308 e. The molecule has 0 amide bonds. The van der Waals surface area contributed by atoms with Gasteiger partial charge in [-0.15, -0.1) is 0 Å². The third-order valence-corrected chi connectivity index (χ3v) is 4.89. The van der Waals surface area contributed by atoms with Crippen LogP contribution >= 0.6 is 0 Å². The Balaban J connectivity index is 1.91. The summed E-state index contributed by atoms with van der Waals surface area (Å²) >= 11 is 0. The lowest BCUT2D eigenvalue weighted by atomic mass is 9.88. The molecule has 18 heavy (non-hydrogen) atoms. The van der Waals surface area contributed by atoms with E-state index in [1.165, 1.54) is 77.3 Å². The Kier molecular flexibility index (Phi) is 5.97. The van der Waals surface area contributed by atoms with Crippen molar-refractivity contribution in [2.24, 2.45) is 0 Å². The van der Waals surface area contributed by atoms with E-state index in [4.69, 9.17) is 0 Å². The maximum absolute atomic E-state index is 2.90. The number of likely N-dealkylation sites (N-methyl/N-ethyl adjacent to an activating group) is 1. The molecule has 0 spiro atoms. The first-order valence-electron chi connectivity index (χ1n) is 8.18. The smallest absolute Gasteiger partial charge is 0.0115 e. The fraction of sp³-hybridized carbons (Fsp3) is 1.00. The van der Waals surface area contributed by atoms with E-state index in [2.05, 4.69) is 23.9 Å². The van der Waals surface area contributed by atoms with Gasteiger partial charge in [-0.25, -0.2) is 0 Å². The van der Waals surface area contributed by atoms with Gasteiger partial charge in [0.25, 0.3) is 0 Å². The summed E-state index contributed by atoms with van der Waals surface area (Å²) in [5, 5.41) is 0. The van der Waals surface area contributed by atoms with Gasteiger partial charge in [0.15, 0.2) is 0 Å². The predicted molar refractivity (Wildman–Crippen MR) is 79.0 cm³/mol. The molecular weight excluding hydrogens is 220 g/mol. The molecule has 2 fully saturated rings. The molecule has 0 radical (unpaired) electrons. The minimum atomic E-state index is 0.904. The second-order valence-corrected chi connectivity index (χ2v) is 6.62. The minimum absolute atomic E-state index is 0.904. The molecule has 0 N–H and O–H groups in total. The first-order valence-corrected chi connectivity index (χ1v) is 8.18. The Labute approximate surface area is 114 Å².